The first kappa shape index (κ1) is 17.9. The van der Waals surface area contributed by atoms with Gasteiger partial charge in [0.1, 0.15) is 6.04 Å². The molecule has 0 aromatic heterocycles. The van der Waals surface area contributed by atoms with E-state index in [9.17, 15) is 18.3 Å². The molecule has 0 bridgehead atoms. The van der Waals surface area contributed by atoms with E-state index in [0.29, 0.717) is 18.4 Å². The van der Waals surface area contributed by atoms with Crippen LogP contribution in [-0.2, 0) is 20.2 Å². The van der Waals surface area contributed by atoms with Crippen molar-refractivity contribution in [2.24, 2.45) is 0 Å². The van der Waals surface area contributed by atoms with E-state index in [1.807, 2.05) is 26.8 Å². The monoisotopic (exact) mass is 339 g/mol. The number of carboxylic acid groups (broad SMARTS) is 1. The number of hydrogen-bond donors (Lipinski definition) is 1. The number of carbonyl (C=O) groups is 1. The second-order valence-electron chi connectivity index (χ2n) is 7.20. The van der Waals surface area contributed by atoms with Crippen LogP contribution in [-0.4, -0.2) is 36.4 Å². The molecule has 0 saturated carbocycles. The highest BCUT2D eigenvalue weighted by molar-refractivity contribution is 7.89. The number of sulfonamides is 1. The Morgan fingerprint density at radius 1 is 1.26 bits per heavy atom. The quantitative estimate of drug-likeness (QED) is 0.919. The number of aliphatic carboxylic acids is 1. The maximum Gasteiger partial charge on any atom is 0.322 e. The fourth-order valence-electron chi connectivity index (χ4n) is 2.91. The van der Waals surface area contributed by atoms with Gasteiger partial charge in [-0.3, -0.25) is 4.79 Å². The van der Waals surface area contributed by atoms with E-state index in [1.165, 1.54) is 0 Å². The van der Waals surface area contributed by atoms with Crippen molar-refractivity contribution in [3.63, 3.8) is 0 Å². The average molecular weight is 339 g/mol. The van der Waals surface area contributed by atoms with Gasteiger partial charge in [0.05, 0.1) is 4.90 Å². The van der Waals surface area contributed by atoms with Gasteiger partial charge in [-0.05, 0) is 48.8 Å². The summed E-state index contributed by atoms with van der Waals surface area (Å²) in [6, 6.07) is 4.45. The Morgan fingerprint density at radius 2 is 1.91 bits per heavy atom. The molecule has 1 aliphatic rings. The summed E-state index contributed by atoms with van der Waals surface area (Å²) in [6.07, 6.45) is 1.80. The summed E-state index contributed by atoms with van der Waals surface area (Å²) in [6.45, 7) is 8.08. The van der Waals surface area contributed by atoms with Crippen LogP contribution < -0.4 is 0 Å². The zero-order chi connectivity index (χ0) is 17.4. The largest absolute Gasteiger partial charge is 0.480 e. The maximum atomic E-state index is 13.1. The lowest BCUT2D eigenvalue weighted by Crippen LogP contribution is -2.48. The molecule has 5 nitrogen and oxygen atoms in total. The molecule has 2 rings (SSSR count). The molecular weight excluding hydrogens is 314 g/mol. The lowest BCUT2D eigenvalue weighted by molar-refractivity contribution is -0.142. The van der Waals surface area contributed by atoms with Crippen LogP contribution in [0.4, 0.5) is 0 Å². The first-order valence-electron chi connectivity index (χ1n) is 7.91. The molecule has 0 spiro atoms. The van der Waals surface area contributed by atoms with Gasteiger partial charge in [0, 0.05) is 6.54 Å². The Morgan fingerprint density at radius 3 is 2.48 bits per heavy atom. The second-order valence-corrected chi connectivity index (χ2v) is 9.05. The van der Waals surface area contributed by atoms with Gasteiger partial charge >= 0.3 is 5.97 Å². The van der Waals surface area contributed by atoms with Gasteiger partial charge in [0.2, 0.25) is 10.0 Å². The van der Waals surface area contributed by atoms with Crippen molar-refractivity contribution in [3.05, 3.63) is 29.3 Å². The number of rotatable bonds is 3. The van der Waals surface area contributed by atoms with Crippen molar-refractivity contribution in [2.45, 2.75) is 63.3 Å². The fraction of sp³-hybridized carbons (Fsp3) is 0.588. The Kier molecular flexibility index (Phi) is 4.87. The Labute approximate surface area is 138 Å². The summed E-state index contributed by atoms with van der Waals surface area (Å²) in [5.41, 5.74) is 1.39. The van der Waals surface area contributed by atoms with Crippen molar-refractivity contribution in [1.29, 1.82) is 0 Å². The van der Waals surface area contributed by atoms with Gasteiger partial charge < -0.3 is 5.11 Å². The number of carboxylic acids is 1. The molecule has 0 amide bonds. The highest BCUT2D eigenvalue weighted by Crippen LogP contribution is 2.31. The predicted molar refractivity (Wildman–Crippen MR) is 89.0 cm³/mol. The minimum Gasteiger partial charge on any atom is -0.480 e. The molecule has 1 heterocycles. The van der Waals surface area contributed by atoms with Crippen molar-refractivity contribution in [2.75, 3.05) is 6.54 Å². The van der Waals surface area contributed by atoms with E-state index in [2.05, 4.69) is 0 Å². The van der Waals surface area contributed by atoms with Crippen LogP contribution in [0.5, 0.6) is 0 Å². The van der Waals surface area contributed by atoms with Crippen LogP contribution in [0.25, 0.3) is 0 Å². The van der Waals surface area contributed by atoms with Gasteiger partial charge in [0.15, 0.2) is 0 Å². The zero-order valence-corrected chi connectivity index (χ0v) is 15.0. The van der Waals surface area contributed by atoms with E-state index in [1.54, 1.807) is 19.1 Å². The van der Waals surface area contributed by atoms with E-state index in [4.69, 9.17) is 0 Å². The van der Waals surface area contributed by atoms with Crippen LogP contribution >= 0.6 is 0 Å². The Balaban J connectivity index is 2.52. The lowest BCUT2D eigenvalue weighted by Gasteiger charge is -2.32. The number of aryl methyl sites for hydroxylation is 1. The number of benzene rings is 1. The standard InChI is InChI=1S/C17H25NO4S/c1-12-8-9-13(17(2,3)4)11-15(12)23(21,22)18-10-6-5-7-14(18)16(19)20/h8-9,11,14H,5-7,10H2,1-4H3,(H,19,20)/t14-/m0/s1. The van der Waals surface area contributed by atoms with Crippen LogP contribution in [0.1, 0.15) is 51.2 Å². The lowest BCUT2D eigenvalue weighted by atomic mass is 9.87. The number of hydrogen-bond acceptors (Lipinski definition) is 3. The average Bonchev–Trinajstić information content (AvgIpc) is 2.46. The minimum absolute atomic E-state index is 0.175. The zero-order valence-electron chi connectivity index (χ0n) is 14.2. The molecule has 1 atom stereocenters. The first-order chi connectivity index (χ1) is 10.5. The second kappa shape index (κ2) is 6.24. The predicted octanol–water partition coefficient (Wildman–Crippen LogP) is 2.92. The molecule has 1 aromatic rings. The summed E-state index contributed by atoms with van der Waals surface area (Å²) in [5, 5.41) is 9.37. The summed E-state index contributed by atoms with van der Waals surface area (Å²) >= 11 is 0. The summed E-state index contributed by atoms with van der Waals surface area (Å²) in [7, 11) is -3.82. The van der Waals surface area contributed by atoms with Crippen LogP contribution in [0, 0.1) is 6.92 Å². The van der Waals surface area contributed by atoms with Crippen molar-refractivity contribution < 1.29 is 18.3 Å². The molecule has 1 saturated heterocycles. The van der Waals surface area contributed by atoms with Gasteiger partial charge in [-0.25, -0.2) is 8.42 Å². The molecule has 6 heteroatoms. The van der Waals surface area contributed by atoms with Gasteiger partial charge in [-0.15, -0.1) is 0 Å². The highest BCUT2D eigenvalue weighted by Gasteiger charge is 2.38. The molecule has 0 aliphatic carbocycles. The van der Waals surface area contributed by atoms with Crippen LogP contribution in [0.2, 0.25) is 0 Å². The van der Waals surface area contributed by atoms with E-state index < -0.39 is 22.0 Å². The topological polar surface area (TPSA) is 74.7 Å². The first-order valence-corrected chi connectivity index (χ1v) is 9.35. The molecule has 1 N–H and O–H groups in total. The smallest absolute Gasteiger partial charge is 0.322 e. The molecule has 23 heavy (non-hydrogen) atoms. The summed E-state index contributed by atoms with van der Waals surface area (Å²) in [4.78, 5) is 11.7. The van der Waals surface area contributed by atoms with Crippen LogP contribution in [0.3, 0.4) is 0 Å². The van der Waals surface area contributed by atoms with Crippen molar-refractivity contribution in [3.8, 4) is 0 Å². The van der Waals surface area contributed by atoms with Gasteiger partial charge in [0.25, 0.3) is 0 Å². The van der Waals surface area contributed by atoms with Crippen LogP contribution in [0.15, 0.2) is 23.1 Å². The molecule has 1 aliphatic heterocycles. The molecule has 0 radical (unpaired) electrons. The summed E-state index contributed by atoms with van der Waals surface area (Å²) in [5.74, 6) is -1.07. The maximum absolute atomic E-state index is 13.1. The molecule has 0 unspecified atom stereocenters. The van der Waals surface area contributed by atoms with Gasteiger partial charge in [-0.1, -0.05) is 32.9 Å². The Bertz CT molecular complexity index is 704. The molecule has 128 valence electrons. The SMILES string of the molecule is Cc1ccc(C(C)(C)C)cc1S(=O)(=O)N1CCCC[C@H]1C(=O)O. The highest BCUT2D eigenvalue weighted by atomic mass is 32.2. The summed E-state index contributed by atoms with van der Waals surface area (Å²) < 4.78 is 27.3. The molecular formula is C17H25NO4S. The molecule has 1 fully saturated rings. The third-order valence-corrected chi connectivity index (χ3v) is 6.43. The van der Waals surface area contributed by atoms with E-state index in [-0.39, 0.29) is 16.9 Å². The minimum atomic E-state index is -3.82. The van der Waals surface area contributed by atoms with Crippen molar-refractivity contribution in [1.82, 2.24) is 4.31 Å². The third kappa shape index (κ3) is 3.58. The number of nitrogens with zero attached hydrogens (tertiary/aromatic N) is 1. The van der Waals surface area contributed by atoms with Gasteiger partial charge in [-0.2, -0.15) is 4.31 Å². The molecule has 1 aromatic carbocycles. The fourth-order valence-corrected chi connectivity index (χ4v) is 4.81. The third-order valence-electron chi connectivity index (χ3n) is 4.38. The normalized spacial score (nSPS) is 20.4. The van der Waals surface area contributed by atoms with E-state index in [0.717, 1.165) is 16.3 Å². The van der Waals surface area contributed by atoms with Crippen molar-refractivity contribution >= 4 is 16.0 Å². The number of piperidine rings is 1. The van der Waals surface area contributed by atoms with E-state index >= 15 is 0 Å². The Hall–Kier alpha value is -1.40.